The van der Waals surface area contributed by atoms with Gasteiger partial charge in [-0.05, 0) is 18.9 Å². The van der Waals surface area contributed by atoms with Gasteiger partial charge in [0.25, 0.3) is 0 Å². The monoisotopic (exact) mass is 192 g/mol. The van der Waals surface area contributed by atoms with Gasteiger partial charge in [-0.2, -0.15) is 0 Å². The Balaban J connectivity index is 1.82. The van der Waals surface area contributed by atoms with E-state index in [-0.39, 0.29) is 6.29 Å². The van der Waals surface area contributed by atoms with Crippen LogP contribution in [0.3, 0.4) is 0 Å². The highest BCUT2D eigenvalue weighted by atomic mass is 16.7. The Bertz CT molecular complexity index is 273. The number of benzene rings is 1. The van der Waals surface area contributed by atoms with E-state index >= 15 is 0 Å². The van der Waals surface area contributed by atoms with Crippen molar-refractivity contribution in [3.63, 3.8) is 0 Å². The number of hydrogen-bond donors (Lipinski definition) is 0. The zero-order valence-corrected chi connectivity index (χ0v) is 8.53. The van der Waals surface area contributed by atoms with Crippen molar-refractivity contribution in [2.24, 2.45) is 0 Å². The van der Waals surface area contributed by atoms with E-state index in [1.54, 1.807) is 0 Å². The van der Waals surface area contributed by atoms with E-state index < -0.39 is 0 Å². The number of aryl methyl sites for hydroxylation is 1. The molecule has 0 amide bonds. The summed E-state index contributed by atoms with van der Waals surface area (Å²) in [7, 11) is 0. The van der Waals surface area contributed by atoms with E-state index in [0.29, 0.717) is 6.61 Å². The fourth-order valence-corrected chi connectivity index (χ4v) is 1.55. The van der Waals surface area contributed by atoms with Crippen LogP contribution in [0.4, 0.5) is 0 Å². The Morgan fingerprint density at radius 1 is 1.36 bits per heavy atom. The minimum absolute atomic E-state index is 0.0244. The third-order valence-corrected chi connectivity index (χ3v) is 2.44. The molecule has 0 saturated carbocycles. The third kappa shape index (κ3) is 2.56. The molecule has 1 heterocycles. The van der Waals surface area contributed by atoms with Crippen LogP contribution in [0.15, 0.2) is 24.3 Å². The minimum atomic E-state index is 0.0244. The highest BCUT2D eigenvalue weighted by Gasteiger charge is 2.15. The summed E-state index contributed by atoms with van der Waals surface area (Å²) in [4.78, 5) is 0. The van der Waals surface area contributed by atoms with Gasteiger partial charge in [-0.1, -0.05) is 29.8 Å². The van der Waals surface area contributed by atoms with E-state index in [2.05, 4.69) is 31.2 Å². The van der Waals surface area contributed by atoms with Crippen LogP contribution in [0.2, 0.25) is 0 Å². The van der Waals surface area contributed by atoms with Crippen LogP contribution in [-0.2, 0) is 16.1 Å². The zero-order chi connectivity index (χ0) is 9.80. The van der Waals surface area contributed by atoms with Crippen molar-refractivity contribution in [2.45, 2.75) is 32.7 Å². The molecular formula is C12H16O2. The SMILES string of the molecule is Cc1ccc(COC2CCCO2)cc1. The van der Waals surface area contributed by atoms with Gasteiger partial charge >= 0.3 is 0 Å². The Kier molecular flexibility index (Phi) is 3.17. The second-order valence-electron chi connectivity index (χ2n) is 3.74. The highest BCUT2D eigenvalue weighted by molar-refractivity contribution is 5.20. The molecule has 0 N–H and O–H groups in total. The molecule has 2 rings (SSSR count). The van der Waals surface area contributed by atoms with Crippen LogP contribution < -0.4 is 0 Å². The molecule has 1 aliphatic heterocycles. The first-order valence-electron chi connectivity index (χ1n) is 5.13. The van der Waals surface area contributed by atoms with Gasteiger partial charge in [0.15, 0.2) is 6.29 Å². The van der Waals surface area contributed by atoms with Gasteiger partial charge in [0.2, 0.25) is 0 Å². The standard InChI is InChI=1S/C12H16O2/c1-10-4-6-11(7-5-10)9-14-12-3-2-8-13-12/h4-7,12H,2-3,8-9H2,1H3. The Hall–Kier alpha value is -0.860. The number of rotatable bonds is 3. The molecule has 1 aliphatic rings. The molecule has 0 radical (unpaired) electrons. The van der Waals surface area contributed by atoms with Crippen molar-refractivity contribution in [2.75, 3.05) is 6.61 Å². The lowest BCUT2D eigenvalue weighted by Gasteiger charge is -2.10. The average molecular weight is 192 g/mol. The molecule has 1 saturated heterocycles. The first kappa shape index (κ1) is 9.69. The molecule has 0 aliphatic carbocycles. The van der Waals surface area contributed by atoms with Gasteiger partial charge in [-0.25, -0.2) is 0 Å². The zero-order valence-electron chi connectivity index (χ0n) is 8.53. The van der Waals surface area contributed by atoms with Gasteiger partial charge in [-0.15, -0.1) is 0 Å². The summed E-state index contributed by atoms with van der Waals surface area (Å²) >= 11 is 0. The molecule has 1 unspecified atom stereocenters. The van der Waals surface area contributed by atoms with Crippen LogP contribution in [0.1, 0.15) is 24.0 Å². The van der Waals surface area contributed by atoms with Gasteiger partial charge in [0, 0.05) is 13.0 Å². The van der Waals surface area contributed by atoms with Crippen molar-refractivity contribution in [1.29, 1.82) is 0 Å². The topological polar surface area (TPSA) is 18.5 Å². The Morgan fingerprint density at radius 3 is 2.79 bits per heavy atom. The smallest absolute Gasteiger partial charge is 0.158 e. The van der Waals surface area contributed by atoms with Crippen LogP contribution in [0.5, 0.6) is 0 Å². The molecule has 76 valence electrons. The average Bonchev–Trinajstić information content (AvgIpc) is 2.70. The van der Waals surface area contributed by atoms with Crippen molar-refractivity contribution < 1.29 is 9.47 Å². The van der Waals surface area contributed by atoms with Crippen molar-refractivity contribution >= 4 is 0 Å². The van der Waals surface area contributed by atoms with Gasteiger partial charge in [0.05, 0.1) is 6.61 Å². The third-order valence-electron chi connectivity index (χ3n) is 2.44. The quantitative estimate of drug-likeness (QED) is 0.733. The molecule has 1 aromatic carbocycles. The summed E-state index contributed by atoms with van der Waals surface area (Å²) in [6.07, 6.45) is 2.18. The van der Waals surface area contributed by atoms with E-state index in [1.165, 1.54) is 11.1 Å². The highest BCUT2D eigenvalue weighted by Crippen LogP contribution is 2.15. The van der Waals surface area contributed by atoms with Crippen LogP contribution in [-0.4, -0.2) is 12.9 Å². The summed E-state index contributed by atoms with van der Waals surface area (Å²) in [6, 6.07) is 8.41. The lowest BCUT2D eigenvalue weighted by atomic mass is 10.2. The van der Waals surface area contributed by atoms with Crippen molar-refractivity contribution in [3.05, 3.63) is 35.4 Å². The summed E-state index contributed by atoms with van der Waals surface area (Å²) in [5, 5.41) is 0. The summed E-state index contributed by atoms with van der Waals surface area (Å²) in [5.74, 6) is 0. The predicted molar refractivity (Wildman–Crippen MR) is 54.9 cm³/mol. The summed E-state index contributed by atoms with van der Waals surface area (Å²) in [5.41, 5.74) is 2.50. The van der Waals surface area contributed by atoms with Crippen LogP contribution in [0, 0.1) is 6.92 Å². The fraction of sp³-hybridized carbons (Fsp3) is 0.500. The Morgan fingerprint density at radius 2 is 2.14 bits per heavy atom. The molecule has 0 spiro atoms. The molecule has 2 nitrogen and oxygen atoms in total. The number of ether oxygens (including phenoxy) is 2. The molecular weight excluding hydrogens is 176 g/mol. The summed E-state index contributed by atoms with van der Waals surface area (Å²) in [6.45, 7) is 3.59. The van der Waals surface area contributed by atoms with E-state index in [4.69, 9.17) is 9.47 Å². The Labute approximate surface area is 84.8 Å². The van der Waals surface area contributed by atoms with Crippen LogP contribution >= 0.6 is 0 Å². The first-order chi connectivity index (χ1) is 6.84. The van der Waals surface area contributed by atoms with E-state index in [9.17, 15) is 0 Å². The summed E-state index contributed by atoms with van der Waals surface area (Å²) < 4.78 is 11.0. The largest absolute Gasteiger partial charge is 0.353 e. The maximum atomic E-state index is 5.61. The van der Waals surface area contributed by atoms with Gasteiger partial charge in [0.1, 0.15) is 0 Å². The van der Waals surface area contributed by atoms with E-state index in [0.717, 1.165) is 19.4 Å². The minimum Gasteiger partial charge on any atom is -0.353 e. The molecule has 2 heteroatoms. The fourth-order valence-electron chi connectivity index (χ4n) is 1.55. The maximum absolute atomic E-state index is 5.61. The molecule has 0 bridgehead atoms. The molecule has 1 atom stereocenters. The molecule has 1 aromatic rings. The van der Waals surface area contributed by atoms with Crippen LogP contribution in [0.25, 0.3) is 0 Å². The van der Waals surface area contributed by atoms with Gasteiger partial charge < -0.3 is 9.47 Å². The van der Waals surface area contributed by atoms with Gasteiger partial charge in [-0.3, -0.25) is 0 Å². The molecule has 0 aromatic heterocycles. The van der Waals surface area contributed by atoms with E-state index in [1.807, 2.05) is 0 Å². The van der Waals surface area contributed by atoms with Crippen molar-refractivity contribution in [1.82, 2.24) is 0 Å². The molecule has 14 heavy (non-hydrogen) atoms. The second kappa shape index (κ2) is 4.58. The lowest BCUT2D eigenvalue weighted by molar-refractivity contribution is -0.118. The van der Waals surface area contributed by atoms with Crippen molar-refractivity contribution in [3.8, 4) is 0 Å². The predicted octanol–water partition coefficient (Wildman–Crippen LogP) is 2.65. The lowest BCUT2D eigenvalue weighted by Crippen LogP contribution is -2.09. The first-order valence-corrected chi connectivity index (χ1v) is 5.13. The normalized spacial score (nSPS) is 21.4. The molecule has 1 fully saturated rings. The number of hydrogen-bond acceptors (Lipinski definition) is 2. The second-order valence-corrected chi connectivity index (χ2v) is 3.74. The maximum Gasteiger partial charge on any atom is 0.158 e.